The summed E-state index contributed by atoms with van der Waals surface area (Å²) in [6, 6.07) is 3.90. The molecule has 1 aromatic rings. The second-order valence-electron chi connectivity index (χ2n) is 2.51. The third-order valence-electron chi connectivity index (χ3n) is 1.71. The number of halogens is 1. The van der Waals surface area contributed by atoms with Crippen molar-refractivity contribution in [1.29, 1.82) is 0 Å². The Morgan fingerprint density at radius 1 is 1.58 bits per heavy atom. The van der Waals surface area contributed by atoms with E-state index in [4.69, 9.17) is 11.2 Å². The van der Waals surface area contributed by atoms with Crippen molar-refractivity contribution in [2.45, 2.75) is 13.5 Å². The molecule has 0 aliphatic carbocycles. The fourth-order valence-electron chi connectivity index (χ4n) is 1.08. The van der Waals surface area contributed by atoms with E-state index in [2.05, 4.69) is 15.9 Å². The molecule has 1 aromatic carbocycles. The van der Waals surface area contributed by atoms with Gasteiger partial charge in [0.1, 0.15) is 0 Å². The number of aliphatic hydroxyl groups is 1. The topological polar surface area (TPSA) is 20.2 Å². The maximum absolute atomic E-state index is 9.05. The molecule has 1 nitrogen and oxygen atoms in total. The summed E-state index contributed by atoms with van der Waals surface area (Å²) < 4.78 is 1.00. The fraction of sp³-hybridized carbons (Fsp3) is 0.222. The molecule has 0 aliphatic heterocycles. The van der Waals surface area contributed by atoms with Crippen molar-refractivity contribution >= 4 is 29.3 Å². The van der Waals surface area contributed by atoms with Crippen LogP contribution in [-0.4, -0.2) is 5.11 Å². The van der Waals surface area contributed by atoms with Crippen LogP contribution in [0, 0.1) is 13.1 Å². The van der Waals surface area contributed by atoms with Gasteiger partial charge in [-0.05, 0) is 0 Å². The van der Waals surface area contributed by atoms with Crippen molar-refractivity contribution in [2.75, 3.05) is 0 Å². The molecule has 0 unspecified atom stereocenters. The summed E-state index contributed by atoms with van der Waals surface area (Å²) in [6.07, 6.45) is 5.50. The minimum absolute atomic E-state index is 0.0542. The molecule has 0 fully saturated rings. The molecule has 0 spiro atoms. The SMILES string of the molecule is C#[P+]c1cc(Br)cc(C)c1CO. The molecule has 0 radical (unpaired) electrons. The van der Waals surface area contributed by atoms with E-state index in [0.717, 1.165) is 20.9 Å². The van der Waals surface area contributed by atoms with Gasteiger partial charge < -0.3 is 0 Å². The standard InChI is InChI=1S/C9H9BrOP/c1-6-3-7(10)4-9(12-2)8(6)5-11/h2-4,11H,5H2,1H3/q+1. The van der Waals surface area contributed by atoms with Gasteiger partial charge in [-0.15, -0.1) is 0 Å². The monoisotopic (exact) mass is 243 g/mol. The Labute approximate surface area is 82.0 Å². The van der Waals surface area contributed by atoms with Crippen LogP contribution in [-0.2, 0) is 6.61 Å². The first kappa shape index (κ1) is 9.95. The van der Waals surface area contributed by atoms with Crippen molar-refractivity contribution < 1.29 is 5.11 Å². The van der Waals surface area contributed by atoms with E-state index in [0.29, 0.717) is 8.04 Å². The molecule has 12 heavy (non-hydrogen) atoms. The van der Waals surface area contributed by atoms with E-state index < -0.39 is 0 Å². The number of aliphatic hydroxyl groups excluding tert-OH is 1. The Bertz CT molecular complexity index is 341. The third-order valence-corrected chi connectivity index (χ3v) is 2.85. The molecule has 0 aromatic heterocycles. The van der Waals surface area contributed by atoms with E-state index in [1.54, 1.807) is 0 Å². The van der Waals surface area contributed by atoms with Gasteiger partial charge in [-0.1, -0.05) is 0 Å². The van der Waals surface area contributed by atoms with Crippen LogP contribution in [0.4, 0.5) is 0 Å². The number of hydrogen-bond donors (Lipinski definition) is 1. The van der Waals surface area contributed by atoms with Crippen molar-refractivity contribution in [3.63, 3.8) is 0 Å². The van der Waals surface area contributed by atoms with Crippen LogP contribution in [0.1, 0.15) is 11.1 Å². The van der Waals surface area contributed by atoms with Gasteiger partial charge in [-0.25, -0.2) is 0 Å². The zero-order chi connectivity index (χ0) is 9.14. The second-order valence-corrected chi connectivity index (χ2v) is 4.16. The van der Waals surface area contributed by atoms with E-state index >= 15 is 0 Å². The van der Waals surface area contributed by atoms with Gasteiger partial charge in [0.05, 0.1) is 0 Å². The van der Waals surface area contributed by atoms with Gasteiger partial charge in [0.2, 0.25) is 0 Å². The number of benzene rings is 1. The van der Waals surface area contributed by atoms with Crippen LogP contribution in [0.3, 0.4) is 0 Å². The zero-order valence-electron chi connectivity index (χ0n) is 6.71. The molecular weight excluding hydrogens is 235 g/mol. The molecule has 0 saturated heterocycles. The van der Waals surface area contributed by atoms with Gasteiger partial charge in [-0.3, -0.25) is 0 Å². The van der Waals surface area contributed by atoms with Gasteiger partial charge >= 0.3 is 81.8 Å². The number of hydrogen-bond acceptors (Lipinski definition) is 1. The normalized spacial score (nSPS) is 9.83. The summed E-state index contributed by atoms with van der Waals surface area (Å²) in [5, 5.41) is 10.0. The first-order valence-electron chi connectivity index (χ1n) is 3.50. The zero-order valence-corrected chi connectivity index (χ0v) is 9.19. The van der Waals surface area contributed by atoms with Gasteiger partial charge in [0.15, 0.2) is 0 Å². The molecule has 1 rings (SSSR count). The molecular formula is C9H9BrOP+. The van der Waals surface area contributed by atoms with Crippen molar-refractivity contribution in [2.24, 2.45) is 0 Å². The summed E-state index contributed by atoms with van der Waals surface area (Å²) in [4.78, 5) is 0. The van der Waals surface area contributed by atoms with E-state index in [-0.39, 0.29) is 6.61 Å². The van der Waals surface area contributed by atoms with E-state index in [1.807, 2.05) is 19.1 Å². The maximum atomic E-state index is 9.05. The molecule has 0 aliphatic rings. The second kappa shape index (κ2) is 4.20. The van der Waals surface area contributed by atoms with Crippen molar-refractivity contribution in [1.82, 2.24) is 0 Å². The van der Waals surface area contributed by atoms with Gasteiger partial charge in [0, 0.05) is 0 Å². The molecule has 3 heteroatoms. The fourth-order valence-corrected chi connectivity index (χ4v) is 2.44. The Kier molecular flexibility index (Phi) is 3.49. The van der Waals surface area contributed by atoms with Gasteiger partial charge in [-0.2, -0.15) is 0 Å². The average Bonchev–Trinajstić information content (AvgIpc) is 2.03. The quantitative estimate of drug-likeness (QED) is 0.752. The van der Waals surface area contributed by atoms with Crippen LogP contribution < -0.4 is 5.30 Å². The van der Waals surface area contributed by atoms with Crippen molar-refractivity contribution in [3.05, 3.63) is 27.7 Å². The molecule has 62 valence electrons. The average molecular weight is 244 g/mol. The summed E-state index contributed by atoms with van der Waals surface area (Å²) in [5.74, 6) is 0. The van der Waals surface area contributed by atoms with E-state index in [1.165, 1.54) is 0 Å². The minimum atomic E-state index is 0.0542. The van der Waals surface area contributed by atoms with Crippen molar-refractivity contribution in [3.8, 4) is 6.13 Å². The van der Waals surface area contributed by atoms with Crippen LogP contribution in [0.25, 0.3) is 0 Å². The molecule has 1 N–H and O–H groups in total. The summed E-state index contributed by atoms with van der Waals surface area (Å²) >= 11 is 3.38. The van der Waals surface area contributed by atoms with Crippen LogP contribution >= 0.6 is 24.0 Å². The first-order valence-corrected chi connectivity index (χ1v) is 5.25. The molecule has 0 bridgehead atoms. The molecule has 0 amide bonds. The first-order chi connectivity index (χ1) is 5.69. The molecule has 0 atom stereocenters. The molecule has 0 heterocycles. The Balaban J connectivity index is 3.36. The summed E-state index contributed by atoms with van der Waals surface area (Å²) in [6.45, 7) is 2.02. The molecule has 0 saturated carbocycles. The Morgan fingerprint density at radius 2 is 2.25 bits per heavy atom. The predicted molar refractivity (Wildman–Crippen MR) is 56.3 cm³/mol. The number of aryl methyl sites for hydroxylation is 1. The van der Waals surface area contributed by atoms with E-state index in [9.17, 15) is 0 Å². The number of rotatable bonds is 1. The third kappa shape index (κ3) is 1.97. The van der Waals surface area contributed by atoms with Crippen LogP contribution in [0.2, 0.25) is 0 Å². The summed E-state index contributed by atoms with van der Waals surface area (Å²) in [5.41, 5.74) is 2.00. The Hall–Kier alpha value is -0.130. The van der Waals surface area contributed by atoms with Crippen LogP contribution in [0.5, 0.6) is 0 Å². The van der Waals surface area contributed by atoms with Gasteiger partial charge in [0.25, 0.3) is 0 Å². The van der Waals surface area contributed by atoms with Crippen LogP contribution in [0.15, 0.2) is 16.6 Å². The Morgan fingerprint density at radius 3 is 2.75 bits per heavy atom. The predicted octanol–water partition coefficient (Wildman–Crippen LogP) is 2.41. The summed E-state index contributed by atoms with van der Waals surface area (Å²) in [7, 11) is 0.698.